The Bertz CT molecular complexity index is 389. The second-order valence-electron chi connectivity index (χ2n) is 4.05. The van der Waals surface area contributed by atoms with E-state index in [0.29, 0.717) is 5.13 Å². The van der Waals surface area contributed by atoms with E-state index in [4.69, 9.17) is 5.73 Å². The molecule has 5 nitrogen and oxygen atoms in total. The Hall–Kier alpha value is -0.820. The molecule has 2 N–H and O–H groups in total. The van der Waals surface area contributed by atoms with Crippen LogP contribution in [-0.2, 0) is 4.79 Å². The van der Waals surface area contributed by atoms with Crippen LogP contribution in [-0.4, -0.2) is 39.3 Å². The Morgan fingerprint density at radius 1 is 1.41 bits per heavy atom. The van der Waals surface area contributed by atoms with Crippen LogP contribution in [0, 0.1) is 0 Å². The highest BCUT2D eigenvalue weighted by atomic mass is 32.2. The topological polar surface area (TPSA) is 72.1 Å². The molecule has 1 aromatic rings. The summed E-state index contributed by atoms with van der Waals surface area (Å²) >= 11 is 2.77. The van der Waals surface area contributed by atoms with Crippen LogP contribution < -0.4 is 5.73 Å². The summed E-state index contributed by atoms with van der Waals surface area (Å²) in [5, 5.41) is 8.00. The predicted octanol–water partition coefficient (Wildman–Crippen LogP) is 1.61. The van der Waals surface area contributed by atoms with Crippen LogP contribution in [0.15, 0.2) is 4.34 Å². The van der Waals surface area contributed by atoms with E-state index in [0.717, 1.165) is 30.3 Å². The Morgan fingerprint density at radius 3 is 2.71 bits per heavy atom. The van der Waals surface area contributed by atoms with Crippen LogP contribution in [0.2, 0.25) is 0 Å². The summed E-state index contributed by atoms with van der Waals surface area (Å²) in [6.45, 7) is 3.70. The summed E-state index contributed by atoms with van der Waals surface area (Å²) in [5.41, 5.74) is 5.51. The molecule has 1 atom stereocenters. The quantitative estimate of drug-likeness (QED) is 0.846. The van der Waals surface area contributed by atoms with Gasteiger partial charge >= 0.3 is 0 Å². The summed E-state index contributed by atoms with van der Waals surface area (Å²) in [5.74, 6) is 0.198. The lowest BCUT2D eigenvalue weighted by Gasteiger charge is -2.28. The van der Waals surface area contributed by atoms with Gasteiger partial charge in [-0.05, 0) is 26.2 Å². The van der Waals surface area contributed by atoms with E-state index in [1.54, 1.807) is 0 Å². The molecular formula is C10H16N4OS2. The van der Waals surface area contributed by atoms with E-state index in [2.05, 4.69) is 10.2 Å². The van der Waals surface area contributed by atoms with Crippen molar-refractivity contribution in [1.29, 1.82) is 0 Å². The van der Waals surface area contributed by atoms with Gasteiger partial charge in [0.25, 0.3) is 0 Å². The highest BCUT2D eigenvalue weighted by molar-refractivity contribution is 8.02. The van der Waals surface area contributed by atoms with Gasteiger partial charge in [-0.25, -0.2) is 0 Å². The molecule has 7 heteroatoms. The molecule has 0 bridgehead atoms. The van der Waals surface area contributed by atoms with Gasteiger partial charge in [0.1, 0.15) is 0 Å². The molecule has 17 heavy (non-hydrogen) atoms. The first-order chi connectivity index (χ1) is 8.16. The minimum absolute atomic E-state index is 0.111. The SMILES string of the molecule is C[C@@H](Sc1nnc(N)s1)C(=O)N1CCCCC1. The molecule has 0 aliphatic carbocycles. The molecule has 0 unspecified atom stereocenters. The van der Waals surface area contributed by atoms with E-state index < -0.39 is 0 Å². The highest BCUT2D eigenvalue weighted by Gasteiger charge is 2.23. The lowest BCUT2D eigenvalue weighted by molar-refractivity contribution is -0.131. The molecule has 94 valence electrons. The molecule has 1 aromatic heterocycles. The van der Waals surface area contributed by atoms with Crippen molar-refractivity contribution in [3.05, 3.63) is 0 Å². The monoisotopic (exact) mass is 272 g/mol. The van der Waals surface area contributed by atoms with Gasteiger partial charge in [0.15, 0.2) is 4.34 Å². The van der Waals surface area contributed by atoms with Crippen molar-refractivity contribution < 1.29 is 4.79 Å². The number of rotatable bonds is 3. The number of aromatic nitrogens is 2. The molecule has 1 amide bonds. The fourth-order valence-electron chi connectivity index (χ4n) is 1.84. The number of nitrogens with two attached hydrogens (primary N) is 1. The lowest BCUT2D eigenvalue weighted by Crippen LogP contribution is -2.40. The van der Waals surface area contributed by atoms with Crippen LogP contribution in [0.3, 0.4) is 0 Å². The number of nitrogen functional groups attached to an aromatic ring is 1. The fourth-order valence-corrected chi connectivity index (χ4v) is 3.71. The standard InChI is InChI=1S/C10H16N4OS2/c1-7(16-10-13-12-9(11)17-10)8(15)14-5-3-2-4-6-14/h7H,2-6H2,1H3,(H2,11,12)/t7-/m1/s1. The van der Waals surface area contributed by atoms with Gasteiger partial charge in [0.05, 0.1) is 5.25 Å². The predicted molar refractivity (Wildman–Crippen MR) is 70.1 cm³/mol. The zero-order valence-corrected chi connectivity index (χ0v) is 11.4. The smallest absolute Gasteiger partial charge is 0.235 e. The number of carbonyl (C=O) groups is 1. The van der Waals surface area contributed by atoms with E-state index in [-0.39, 0.29) is 11.2 Å². The van der Waals surface area contributed by atoms with Crippen molar-refractivity contribution in [2.24, 2.45) is 0 Å². The normalized spacial score (nSPS) is 18.1. The van der Waals surface area contributed by atoms with Crippen LogP contribution in [0.25, 0.3) is 0 Å². The lowest BCUT2D eigenvalue weighted by atomic mass is 10.1. The van der Waals surface area contributed by atoms with Crippen molar-refractivity contribution in [2.45, 2.75) is 35.8 Å². The zero-order chi connectivity index (χ0) is 12.3. The number of hydrogen-bond acceptors (Lipinski definition) is 6. The van der Waals surface area contributed by atoms with Gasteiger partial charge in [-0.3, -0.25) is 4.79 Å². The van der Waals surface area contributed by atoms with Crippen LogP contribution >= 0.6 is 23.1 Å². The first kappa shape index (κ1) is 12.6. The first-order valence-electron chi connectivity index (χ1n) is 5.71. The highest BCUT2D eigenvalue weighted by Crippen LogP contribution is 2.28. The molecule has 1 aliphatic rings. The maximum Gasteiger partial charge on any atom is 0.235 e. The Kier molecular flexibility index (Phi) is 4.22. The maximum absolute atomic E-state index is 12.1. The van der Waals surface area contributed by atoms with Gasteiger partial charge in [-0.2, -0.15) is 0 Å². The number of likely N-dealkylation sites (tertiary alicyclic amines) is 1. The summed E-state index contributed by atoms with van der Waals surface area (Å²) in [6, 6.07) is 0. The molecular weight excluding hydrogens is 256 g/mol. The van der Waals surface area contributed by atoms with Gasteiger partial charge in [0.2, 0.25) is 11.0 Å². The summed E-state index contributed by atoms with van der Waals surface area (Å²) in [7, 11) is 0. The minimum atomic E-state index is -0.111. The summed E-state index contributed by atoms with van der Waals surface area (Å²) in [4.78, 5) is 14.1. The van der Waals surface area contributed by atoms with Crippen molar-refractivity contribution in [3.63, 3.8) is 0 Å². The summed E-state index contributed by atoms with van der Waals surface area (Å²) < 4.78 is 0.764. The van der Waals surface area contributed by atoms with Gasteiger partial charge in [-0.15, -0.1) is 10.2 Å². The van der Waals surface area contributed by atoms with Gasteiger partial charge in [0, 0.05) is 13.1 Å². The maximum atomic E-state index is 12.1. The number of anilines is 1. The number of hydrogen-bond donors (Lipinski definition) is 1. The van der Waals surface area contributed by atoms with Crippen LogP contribution in [0.1, 0.15) is 26.2 Å². The van der Waals surface area contributed by atoms with Crippen LogP contribution in [0.4, 0.5) is 5.13 Å². The first-order valence-corrected chi connectivity index (χ1v) is 7.41. The second-order valence-corrected chi connectivity index (χ2v) is 6.65. The Morgan fingerprint density at radius 2 is 2.12 bits per heavy atom. The van der Waals surface area contributed by atoms with Crippen molar-refractivity contribution in [2.75, 3.05) is 18.8 Å². The third-order valence-electron chi connectivity index (χ3n) is 2.72. The largest absolute Gasteiger partial charge is 0.374 e. The molecule has 0 radical (unpaired) electrons. The van der Waals surface area contributed by atoms with Gasteiger partial charge in [-0.1, -0.05) is 23.1 Å². The fraction of sp³-hybridized carbons (Fsp3) is 0.700. The zero-order valence-electron chi connectivity index (χ0n) is 9.76. The van der Waals surface area contributed by atoms with E-state index in [1.807, 2.05) is 11.8 Å². The number of thioether (sulfide) groups is 1. The molecule has 1 fully saturated rings. The number of nitrogens with zero attached hydrogens (tertiary/aromatic N) is 3. The molecule has 2 heterocycles. The van der Waals surface area contributed by atoms with Crippen molar-refractivity contribution in [1.82, 2.24) is 15.1 Å². The molecule has 0 aromatic carbocycles. The third-order valence-corrected chi connectivity index (χ3v) is 4.64. The average Bonchev–Trinajstić information content (AvgIpc) is 2.75. The molecule has 1 aliphatic heterocycles. The van der Waals surface area contributed by atoms with Crippen molar-refractivity contribution in [3.8, 4) is 0 Å². The molecule has 1 saturated heterocycles. The summed E-state index contributed by atoms with van der Waals surface area (Å²) in [6.07, 6.45) is 3.47. The van der Waals surface area contributed by atoms with E-state index >= 15 is 0 Å². The second kappa shape index (κ2) is 5.68. The Labute approximate surface area is 109 Å². The third kappa shape index (κ3) is 3.32. The number of piperidine rings is 1. The Balaban J connectivity index is 1.90. The minimum Gasteiger partial charge on any atom is -0.374 e. The number of carbonyl (C=O) groups excluding carboxylic acids is 1. The van der Waals surface area contributed by atoms with E-state index in [1.165, 1.54) is 29.5 Å². The van der Waals surface area contributed by atoms with Crippen LogP contribution in [0.5, 0.6) is 0 Å². The van der Waals surface area contributed by atoms with E-state index in [9.17, 15) is 4.79 Å². The average molecular weight is 272 g/mol. The van der Waals surface area contributed by atoms with Crippen molar-refractivity contribution >= 4 is 34.1 Å². The van der Waals surface area contributed by atoms with Gasteiger partial charge < -0.3 is 10.6 Å². The molecule has 2 rings (SSSR count). The number of amides is 1. The molecule has 0 saturated carbocycles. The molecule has 0 spiro atoms.